The lowest BCUT2D eigenvalue weighted by Gasteiger charge is -2.05. The van der Waals surface area contributed by atoms with Gasteiger partial charge in [0.15, 0.2) is 4.34 Å². The molecule has 0 saturated heterocycles. The van der Waals surface area contributed by atoms with Gasteiger partial charge < -0.3 is 10.6 Å². The van der Waals surface area contributed by atoms with Gasteiger partial charge in [-0.2, -0.15) is 0 Å². The first kappa shape index (κ1) is 15.3. The van der Waals surface area contributed by atoms with Gasteiger partial charge in [-0.25, -0.2) is 4.79 Å². The quantitative estimate of drug-likeness (QED) is 0.729. The Labute approximate surface area is 129 Å². The minimum Gasteiger partial charge on any atom is -0.363 e. The molecule has 1 heterocycles. The maximum absolute atomic E-state index is 11.6. The number of nitrogens with one attached hydrogen (secondary N) is 3. The average molecular weight is 323 g/mol. The molecule has 3 amide bonds. The predicted molar refractivity (Wildman–Crippen MR) is 83.8 cm³/mol. The molecule has 3 N–H and O–H groups in total. The van der Waals surface area contributed by atoms with Crippen LogP contribution in [-0.2, 0) is 4.79 Å². The number of carbonyl (C=O) groups excluding carboxylic acids is 2. The average Bonchev–Trinajstić information content (AvgIpc) is 2.94. The fraction of sp³-hybridized carbons (Fsp3) is 0.167. The monoisotopic (exact) mass is 323 g/mol. The highest BCUT2D eigenvalue weighted by atomic mass is 32.2. The molecule has 0 aliphatic heterocycles. The molecule has 21 heavy (non-hydrogen) atoms. The molecule has 0 unspecified atom stereocenters. The molecule has 9 heteroatoms. The van der Waals surface area contributed by atoms with E-state index in [1.165, 1.54) is 23.1 Å². The van der Waals surface area contributed by atoms with E-state index in [2.05, 4.69) is 26.1 Å². The fourth-order valence-corrected chi connectivity index (χ4v) is 2.85. The van der Waals surface area contributed by atoms with E-state index in [0.717, 1.165) is 0 Å². The van der Waals surface area contributed by atoms with Gasteiger partial charge in [0.2, 0.25) is 11.0 Å². The molecule has 0 radical (unpaired) electrons. The van der Waals surface area contributed by atoms with Crippen molar-refractivity contribution < 1.29 is 9.59 Å². The molecule has 2 rings (SSSR count). The maximum atomic E-state index is 11.6. The molecule has 0 aliphatic rings. The number of carbonyl (C=O) groups is 2. The van der Waals surface area contributed by atoms with Crippen LogP contribution in [-0.4, -0.2) is 34.9 Å². The number of benzene rings is 1. The summed E-state index contributed by atoms with van der Waals surface area (Å²) in [5.41, 5.74) is 0.623. The fourth-order valence-electron chi connectivity index (χ4n) is 1.34. The van der Waals surface area contributed by atoms with Crippen molar-refractivity contribution in [2.45, 2.75) is 4.34 Å². The zero-order valence-corrected chi connectivity index (χ0v) is 12.8. The standard InChI is InChI=1S/C12H13N5O2S2/c1-13-11-16-17-12(21-11)20-7-9(18)15-10(19)14-8-5-3-2-4-6-8/h2-6H,7H2,1H3,(H,13,16)(H2,14,15,18,19). The Kier molecular flexibility index (Phi) is 5.52. The van der Waals surface area contributed by atoms with Crippen LogP contribution in [0.4, 0.5) is 15.6 Å². The minimum absolute atomic E-state index is 0.0978. The van der Waals surface area contributed by atoms with E-state index in [1.54, 1.807) is 31.3 Å². The summed E-state index contributed by atoms with van der Waals surface area (Å²) >= 11 is 2.57. The highest BCUT2D eigenvalue weighted by Crippen LogP contribution is 2.24. The van der Waals surface area contributed by atoms with Crippen molar-refractivity contribution in [1.29, 1.82) is 0 Å². The first-order valence-corrected chi connectivity index (χ1v) is 7.77. The number of urea groups is 1. The van der Waals surface area contributed by atoms with Gasteiger partial charge in [-0.1, -0.05) is 41.3 Å². The number of thioether (sulfide) groups is 1. The van der Waals surface area contributed by atoms with Gasteiger partial charge in [0.25, 0.3) is 0 Å². The predicted octanol–water partition coefficient (Wildman–Crippen LogP) is 2.02. The van der Waals surface area contributed by atoms with Gasteiger partial charge >= 0.3 is 6.03 Å². The summed E-state index contributed by atoms with van der Waals surface area (Å²) in [5, 5.41) is 16.1. The maximum Gasteiger partial charge on any atom is 0.325 e. The molecule has 0 bridgehead atoms. The lowest BCUT2D eigenvalue weighted by atomic mass is 10.3. The van der Waals surface area contributed by atoms with Gasteiger partial charge in [-0.05, 0) is 12.1 Å². The normalized spacial score (nSPS) is 9.95. The zero-order chi connectivity index (χ0) is 15.1. The van der Waals surface area contributed by atoms with Crippen LogP contribution in [0.15, 0.2) is 34.7 Å². The summed E-state index contributed by atoms with van der Waals surface area (Å²) in [4.78, 5) is 23.2. The molecule has 0 fully saturated rings. The number of hydrogen-bond donors (Lipinski definition) is 3. The highest BCUT2D eigenvalue weighted by Gasteiger charge is 2.10. The second-order valence-corrected chi connectivity index (χ2v) is 5.98. The lowest BCUT2D eigenvalue weighted by Crippen LogP contribution is -2.35. The molecular weight excluding hydrogens is 310 g/mol. The van der Waals surface area contributed by atoms with E-state index in [1.807, 2.05) is 6.07 Å². The summed E-state index contributed by atoms with van der Waals surface area (Å²) in [6.07, 6.45) is 0. The number of imide groups is 1. The van der Waals surface area contributed by atoms with E-state index >= 15 is 0 Å². The molecule has 2 aromatic rings. The third-order valence-corrected chi connectivity index (χ3v) is 4.31. The van der Waals surface area contributed by atoms with Crippen LogP contribution in [0.5, 0.6) is 0 Å². The molecule has 0 saturated carbocycles. The number of rotatable bonds is 5. The van der Waals surface area contributed by atoms with Gasteiger partial charge in [-0.3, -0.25) is 10.1 Å². The van der Waals surface area contributed by atoms with E-state index in [0.29, 0.717) is 15.2 Å². The number of hydrogen-bond acceptors (Lipinski definition) is 7. The number of aromatic nitrogens is 2. The Morgan fingerprint density at radius 3 is 2.67 bits per heavy atom. The number of amides is 3. The van der Waals surface area contributed by atoms with E-state index in [4.69, 9.17) is 0 Å². The van der Waals surface area contributed by atoms with Crippen molar-refractivity contribution in [3.63, 3.8) is 0 Å². The molecule has 0 spiro atoms. The third-order valence-electron chi connectivity index (χ3n) is 2.23. The molecule has 7 nitrogen and oxygen atoms in total. The Bertz CT molecular complexity index is 617. The summed E-state index contributed by atoms with van der Waals surface area (Å²) < 4.78 is 0.665. The third kappa shape index (κ3) is 5.04. The van der Waals surface area contributed by atoms with Crippen LogP contribution in [0.2, 0.25) is 0 Å². The minimum atomic E-state index is -0.556. The second-order valence-electron chi connectivity index (χ2n) is 3.78. The number of nitrogens with zero attached hydrogens (tertiary/aromatic N) is 2. The van der Waals surface area contributed by atoms with Gasteiger partial charge in [-0.15, -0.1) is 10.2 Å². The second kappa shape index (κ2) is 7.60. The van der Waals surface area contributed by atoms with Gasteiger partial charge in [0, 0.05) is 12.7 Å². The van der Waals surface area contributed by atoms with E-state index < -0.39 is 11.9 Å². The van der Waals surface area contributed by atoms with Crippen LogP contribution in [0.3, 0.4) is 0 Å². The van der Waals surface area contributed by atoms with Gasteiger partial charge in [0.05, 0.1) is 5.75 Å². The van der Waals surface area contributed by atoms with E-state index in [9.17, 15) is 9.59 Å². The summed E-state index contributed by atoms with van der Waals surface area (Å²) in [7, 11) is 1.75. The topological polar surface area (TPSA) is 96.0 Å². The molecule has 1 aromatic carbocycles. The van der Waals surface area contributed by atoms with Crippen LogP contribution in [0.1, 0.15) is 0 Å². The smallest absolute Gasteiger partial charge is 0.325 e. The molecule has 0 aliphatic carbocycles. The van der Waals surface area contributed by atoms with Crippen molar-refractivity contribution in [2.24, 2.45) is 0 Å². The van der Waals surface area contributed by atoms with Crippen LogP contribution in [0, 0.1) is 0 Å². The zero-order valence-electron chi connectivity index (χ0n) is 11.1. The Balaban J connectivity index is 1.75. The molecule has 110 valence electrons. The summed E-state index contributed by atoms with van der Waals surface area (Å²) in [6.45, 7) is 0. The summed E-state index contributed by atoms with van der Waals surface area (Å²) in [5.74, 6) is -0.296. The Morgan fingerprint density at radius 2 is 2.00 bits per heavy atom. The molecule has 0 atom stereocenters. The van der Waals surface area contributed by atoms with Gasteiger partial charge in [0.1, 0.15) is 0 Å². The molecule has 1 aromatic heterocycles. The SMILES string of the molecule is CNc1nnc(SCC(=O)NC(=O)Nc2ccccc2)s1. The summed E-state index contributed by atoms with van der Waals surface area (Å²) in [6, 6.07) is 8.34. The number of para-hydroxylation sites is 1. The van der Waals surface area contributed by atoms with Crippen molar-refractivity contribution in [1.82, 2.24) is 15.5 Å². The van der Waals surface area contributed by atoms with Crippen molar-refractivity contribution in [3.8, 4) is 0 Å². The van der Waals surface area contributed by atoms with Crippen LogP contribution >= 0.6 is 23.1 Å². The lowest BCUT2D eigenvalue weighted by molar-refractivity contribution is -0.117. The molecular formula is C12H13N5O2S2. The van der Waals surface area contributed by atoms with Crippen molar-refractivity contribution in [2.75, 3.05) is 23.4 Å². The largest absolute Gasteiger partial charge is 0.363 e. The first-order valence-electron chi connectivity index (χ1n) is 5.97. The Morgan fingerprint density at radius 1 is 1.24 bits per heavy atom. The van der Waals surface area contributed by atoms with Crippen molar-refractivity contribution >= 4 is 45.9 Å². The first-order chi connectivity index (χ1) is 10.2. The van der Waals surface area contributed by atoms with Crippen LogP contribution < -0.4 is 16.0 Å². The van der Waals surface area contributed by atoms with Crippen molar-refractivity contribution in [3.05, 3.63) is 30.3 Å². The van der Waals surface area contributed by atoms with Crippen LogP contribution in [0.25, 0.3) is 0 Å². The highest BCUT2D eigenvalue weighted by molar-refractivity contribution is 8.01. The Hall–Kier alpha value is -2.13. The van der Waals surface area contributed by atoms with E-state index in [-0.39, 0.29) is 5.75 Å². The number of anilines is 2.